The number of carbonyl (C=O) groups is 1. The molecule has 0 radical (unpaired) electrons. The van der Waals surface area contributed by atoms with E-state index in [2.05, 4.69) is 0 Å². The van der Waals surface area contributed by atoms with Crippen molar-refractivity contribution < 1.29 is 14.8 Å². The topological polar surface area (TPSA) is 80.4 Å². The summed E-state index contributed by atoms with van der Waals surface area (Å²) in [5.74, 6) is -0.197. The van der Waals surface area contributed by atoms with Crippen molar-refractivity contribution in [2.24, 2.45) is 0 Å². The number of Topliss-reactive ketones (excluding diaryl/α,β-unsaturated/α-hetero) is 1. The van der Waals surface area contributed by atoms with E-state index in [-0.39, 0.29) is 23.3 Å². The number of ketones is 1. The molecule has 18 heavy (non-hydrogen) atoms. The zero-order valence-electron chi connectivity index (χ0n) is 10.3. The fourth-order valence-corrected chi connectivity index (χ4v) is 2.60. The third kappa shape index (κ3) is 3.82. The van der Waals surface area contributed by atoms with Gasteiger partial charge in [-0.15, -0.1) is 11.8 Å². The van der Waals surface area contributed by atoms with Gasteiger partial charge in [0.1, 0.15) is 0 Å². The van der Waals surface area contributed by atoms with Crippen LogP contribution in [0.1, 0.15) is 30.6 Å². The molecule has 1 atom stereocenters. The van der Waals surface area contributed by atoms with E-state index in [9.17, 15) is 14.9 Å². The minimum absolute atomic E-state index is 0.0799. The molecule has 6 heteroatoms. The van der Waals surface area contributed by atoms with Crippen LogP contribution in [0, 0.1) is 10.1 Å². The van der Waals surface area contributed by atoms with E-state index in [1.165, 1.54) is 30.8 Å². The van der Waals surface area contributed by atoms with Crippen LogP contribution in [-0.2, 0) is 0 Å². The summed E-state index contributed by atoms with van der Waals surface area (Å²) in [5.41, 5.74) is 0.276. The molecule has 5 nitrogen and oxygen atoms in total. The third-order valence-corrected chi connectivity index (χ3v) is 3.67. The molecule has 0 aliphatic rings. The lowest BCUT2D eigenvalue weighted by atomic mass is 10.1. The number of thioether (sulfide) groups is 1. The van der Waals surface area contributed by atoms with Crippen molar-refractivity contribution in [1.29, 1.82) is 0 Å². The molecular formula is C12H15NO4S. The first-order valence-electron chi connectivity index (χ1n) is 5.52. The molecule has 0 bridgehead atoms. The van der Waals surface area contributed by atoms with Crippen LogP contribution in [0.15, 0.2) is 23.1 Å². The number of nitrogens with zero attached hydrogens (tertiary/aromatic N) is 1. The fourth-order valence-electron chi connectivity index (χ4n) is 1.47. The van der Waals surface area contributed by atoms with Gasteiger partial charge >= 0.3 is 0 Å². The summed E-state index contributed by atoms with van der Waals surface area (Å²) >= 11 is 1.44. The minimum Gasteiger partial charge on any atom is -0.396 e. The number of aliphatic hydroxyl groups excluding tert-OH is 1. The van der Waals surface area contributed by atoms with E-state index in [0.717, 1.165) is 0 Å². The van der Waals surface area contributed by atoms with E-state index < -0.39 is 4.92 Å². The Hall–Kier alpha value is -1.40. The highest BCUT2D eigenvalue weighted by Crippen LogP contribution is 2.31. The molecule has 1 unspecified atom stereocenters. The first-order valence-corrected chi connectivity index (χ1v) is 6.40. The molecule has 0 aromatic heterocycles. The summed E-state index contributed by atoms with van der Waals surface area (Å²) in [6.45, 7) is 3.41. The number of nitro benzene ring substituents is 1. The van der Waals surface area contributed by atoms with Gasteiger partial charge in [-0.1, -0.05) is 6.92 Å². The highest BCUT2D eigenvalue weighted by molar-refractivity contribution is 8.00. The molecule has 1 rings (SSSR count). The summed E-state index contributed by atoms with van der Waals surface area (Å²) in [4.78, 5) is 22.4. The third-order valence-electron chi connectivity index (χ3n) is 2.42. The van der Waals surface area contributed by atoms with Gasteiger partial charge in [0.15, 0.2) is 5.78 Å². The smallest absolute Gasteiger partial charge is 0.270 e. The first kappa shape index (κ1) is 14.7. The maximum atomic E-state index is 11.5. The molecule has 0 saturated carbocycles. The molecule has 0 aliphatic heterocycles. The Morgan fingerprint density at radius 2 is 2.22 bits per heavy atom. The largest absolute Gasteiger partial charge is 0.396 e. The second-order valence-corrected chi connectivity index (χ2v) is 5.41. The summed E-state index contributed by atoms with van der Waals surface area (Å²) < 4.78 is 0. The maximum absolute atomic E-state index is 11.5. The number of benzene rings is 1. The number of nitro groups is 1. The Bertz CT molecular complexity index is 461. The quantitative estimate of drug-likeness (QED) is 0.371. The number of hydrogen-bond acceptors (Lipinski definition) is 5. The molecule has 0 heterocycles. The van der Waals surface area contributed by atoms with E-state index in [1.807, 2.05) is 6.92 Å². The van der Waals surface area contributed by atoms with Crippen molar-refractivity contribution in [3.63, 3.8) is 0 Å². The second-order valence-electron chi connectivity index (χ2n) is 3.93. The Labute approximate surface area is 109 Å². The number of rotatable bonds is 6. The van der Waals surface area contributed by atoms with Gasteiger partial charge in [-0.05, 0) is 19.4 Å². The highest BCUT2D eigenvalue weighted by atomic mass is 32.2. The molecule has 0 amide bonds. The van der Waals surface area contributed by atoms with Gasteiger partial charge in [-0.25, -0.2) is 0 Å². The van der Waals surface area contributed by atoms with Gasteiger partial charge in [0.2, 0.25) is 0 Å². The van der Waals surface area contributed by atoms with Crippen molar-refractivity contribution in [3.05, 3.63) is 33.9 Å². The standard InChI is InChI=1S/C12H15NO4S/c1-8(5-6-14)18-12-4-3-10(13(16)17)7-11(12)9(2)15/h3-4,7-8,14H,5-6H2,1-2H3. The van der Waals surface area contributed by atoms with E-state index in [0.29, 0.717) is 16.9 Å². The lowest BCUT2D eigenvalue weighted by molar-refractivity contribution is -0.384. The van der Waals surface area contributed by atoms with Crippen molar-refractivity contribution in [1.82, 2.24) is 0 Å². The molecule has 1 N–H and O–H groups in total. The van der Waals surface area contributed by atoms with Crippen LogP contribution in [-0.4, -0.2) is 27.7 Å². The van der Waals surface area contributed by atoms with Crippen molar-refractivity contribution >= 4 is 23.2 Å². The molecule has 0 aliphatic carbocycles. The molecule has 0 saturated heterocycles. The normalized spacial score (nSPS) is 12.2. The minimum atomic E-state index is -0.516. The van der Waals surface area contributed by atoms with Crippen molar-refractivity contribution in [2.75, 3.05) is 6.61 Å². The summed E-state index contributed by atoms with van der Waals surface area (Å²) in [7, 11) is 0. The van der Waals surface area contributed by atoms with Crippen LogP contribution in [0.5, 0.6) is 0 Å². The van der Waals surface area contributed by atoms with Crippen LogP contribution < -0.4 is 0 Å². The molecule has 0 spiro atoms. The van der Waals surface area contributed by atoms with Crippen LogP contribution in [0.4, 0.5) is 5.69 Å². The molecule has 1 aromatic rings. The van der Waals surface area contributed by atoms with Gasteiger partial charge in [0.25, 0.3) is 5.69 Å². The predicted molar refractivity (Wildman–Crippen MR) is 70.1 cm³/mol. The van der Waals surface area contributed by atoms with Crippen LogP contribution in [0.3, 0.4) is 0 Å². The Morgan fingerprint density at radius 3 is 2.72 bits per heavy atom. The number of non-ortho nitro benzene ring substituents is 1. The lowest BCUT2D eigenvalue weighted by Gasteiger charge is -2.11. The summed E-state index contributed by atoms with van der Waals surface area (Å²) in [5, 5.41) is 19.7. The average molecular weight is 269 g/mol. The first-order chi connectivity index (χ1) is 8.45. The number of hydrogen-bond donors (Lipinski definition) is 1. The summed E-state index contributed by atoms with van der Waals surface area (Å²) in [6, 6.07) is 4.28. The van der Waals surface area contributed by atoms with Crippen LogP contribution >= 0.6 is 11.8 Å². The van der Waals surface area contributed by atoms with Crippen molar-refractivity contribution in [3.8, 4) is 0 Å². The predicted octanol–water partition coefficient (Wildman–Crippen LogP) is 2.66. The molecule has 0 fully saturated rings. The molecular weight excluding hydrogens is 254 g/mol. The van der Waals surface area contributed by atoms with Gasteiger partial charge in [0, 0.05) is 34.4 Å². The van der Waals surface area contributed by atoms with Gasteiger partial charge in [0.05, 0.1) is 4.92 Å². The van der Waals surface area contributed by atoms with E-state index >= 15 is 0 Å². The van der Waals surface area contributed by atoms with Crippen LogP contribution in [0.2, 0.25) is 0 Å². The number of aliphatic hydroxyl groups is 1. The highest BCUT2D eigenvalue weighted by Gasteiger charge is 2.16. The summed E-state index contributed by atoms with van der Waals surface area (Å²) in [6.07, 6.45) is 0.610. The Kier molecular flexibility index (Phi) is 5.30. The lowest BCUT2D eigenvalue weighted by Crippen LogP contribution is -2.03. The number of carbonyl (C=O) groups excluding carboxylic acids is 1. The molecule has 98 valence electrons. The van der Waals surface area contributed by atoms with Crippen molar-refractivity contribution in [2.45, 2.75) is 30.4 Å². The zero-order valence-corrected chi connectivity index (χ0v) is 11.1. The van der Waals surface area contributed by atoms with E-state index in [4.69, 9.17) is 5.11 Å². The zero-order chi connectivity index (χ0) is 13.7. The van der Waals surface area contributed by atoms with Gasteiger partial charge in [-0.2, -0.15) is 0 Å². The van der Waals surface area contributed by atoms with Crippen LogP contribution in [0.25, 0.3) is 0 Å². The van der Waals surface area contributed by atoms with E-state index in [1.54, 1.807) is 6.07 Å². The SMILES string of the molecule is CC(=O)c1cc([N+](=O)[O-])ccc1SC(C)CCO. The Morgan fingerprint density at radius 1 is 1.56 bits per heavy atom. The monoisotopic (exact) mass is 269 g/mol. The maximum Gasteiger partial charge on any atom is 0.270 e. The molecule has 1 aromatic carbocycles. The van der Waals surface area contributed by atoms with Gasteiger partial charge in [-0.3, -0.25) is 14.9 Å². The Balaban J connectivity index is 3.04. The average Bonchev–Trinajstić information content (AvgIpc) is 2.29. The second kappa shape index (κ2) is 6.51. The van der Waals surface area contributed by atoms with Gasteiger partial charge < -0.3 is 5.11 Å². The fraction of sp³-hybridized carbons (Fsp3) is 0.417.